The number of fused-ring (bicyclic) bond motifs is 3. The first-order chi connectivity index (χ1) is 13.6. The molecule has 0 radical (unpaired) electrons. The molecule has 0 amide bonds. The van der Waals surface area contributed by atoms with Gasteiger partial charge in [0, 0.05) is 17.1 Å². The molecule has 0 bridgehead atoms. The Bertz CT molecular complexity index is 1060. The molecule has 4 rings (SSSR count). The highest BCUT2D eigenvalue weighted by molar-refractivity contribution is 6.33. The summed E-state index contributed by atoms with van der Waals surface area (Å²) in [6, 6.07) is 11.9. The van der Waals surface area contributed by atoms with E-state index in [0.29, 0.717) is 29.6 Å². The van der Waals surface area contributed by atoms with Crippen molar-refractivity contribution in [2.45, 2.75) is 46.1 Å². The topological polar surface area (TPSA) is 42.7 Å². The van der Waals surface area contributed by atoms with E-state index in [1.165, 1.54) is 5.56 Å². The van der Waals surface area contributed by atoms with Crippen molar-refractivity contribution < 1.29 is 9.15 Å². The molecule has 2 heterocycles. The molecular formula is C23H24ClNO3. The third kappa shape index (κ3) is 3.49. The van der Waals surface area contributed by atoms with E-state index in [4.69, 9.17) is 20.8 Å². The van der Waals surface area contributed by atoms with E-state index in [2.05, 4.69) is 43.0 Å². The first-order valence-electron chi connectivity index (χ1n) is 9.85. The van der Waals surface area contributed by atoms with Crippen LogP contribution in [-0.4, -0.2) is 6.73 Å². The van der Waals surface area contributed by atoms with Crippen LogP contribution in [0.3, 0.4) is 0 Å². The highest BCUT2D eigenvalue weighted by Gasteiger charge is 2.25. The number of nitrogens with zero attached hydrogens (tertiary/aromatic N) is 1. The molecule has 1 aliphatic rings. The van der Waals surface area contributed by atoms with Crippen molar-refractivity contribution in [2.75, 3.05) is 11.6 Å². The Morgan fingerprint density at radius 1 is 1.14 bits per heavy atom. The molecule has 1 aliphatic heterocycles. The van der Waals surface area contributed by atoms with Gasteiger partial charge in [-0.1, -0.05) is 44.0 Å². The molecule has 146 valence electrons. The fraction of sp³-hybridized carbons (Fsp3) is 0.348. The van der Waals surface area contributed by atoms with Crippen LogP contribution in [0.4, 0.5) is 5.69 Å². The fourth-order valence-electron chi connectivity index (χ4n) is 3.73. The molecule has 5 heteroatoms. The second-order valence-electron chi connectivity index (χ2n) is 7.23. The highest BCUT2D eigenvalue weighted by atomic mass is 35.5. The van der Waals surface area contributed by atoms with Crippen LogP contribution in [0.25, 0.3) is 11.0 Å². The monoisotopic (exact) mass is 397 g/mol. The van der Waals surface area contributed by atoms with E-state index in [9.17, 15) is 4.79 Å². The van der Waals surface area contributed by atoms with Crippen LogP contribution < -0.4 is 15.3 Å². The summed E-state index contributed by atoms with van der Waals surface area (Å²) in [6.45, 7) is 5.26. The van der Waals surface area contributed by atoms with Gasteiger partial charge in [-0.15, -0.1) is 0 Å². The first kappa shape index (κ1) is 18.9. The third-order valence-corrected chi connectivity index (χ3v) is 5.63. The SMILES string of the molecule is CCCCc1cc(=O)oc2c3c(c(Cl)cc12)OCN(c1ccc(CC)cc1)C3. The Morgan fingerprint density at radius 2 is 1.93 bits per heavy atom. The summed E-state index contributed by atoms with van der Waals surface area (Å²) >= 11 is 6.54. The Labute approximate surface area is 169 Å². The van der Waals surface area contributed by atoms with Crippen LogP contribution in [0, 0.1) is 0 Å². The number of anilines is 1. The molecule has 2 aromatic carbocycles. The summed E-state index contributed by atoms with van der Waals surface area (Å²) < 4.78 is 11.6. The van der Waals surface area contributed by atoms with Gasteiger partial charge in [-0.25, -0.2) is 4.79 Å². The van der Waals surface area contributed by atoms with E-state index in [1.54, 1.807) is 6.07 Å². The zero-order chi connectivity index (χ0) is 19.7. The van der Waals surface area contributed by atoms with Gasteiger partial charge in [-0.2, -0.15) is 0 Å². The van der Waals surface area contributed by atoms with Crippen molar-refractivity contribution in [1.29, 1.82) is 0 Å². The molecule has 28 heavy (non-hydrogen) atoms. The number of halogens is 1. The molecule has 0 aliphatic carbocycles. The smallest absolute Gasteiger partial charge is 0.336 e. The van der Waals surface area contributed by atoms with E-state index in [1.807, 2.05) is 6.07 Å². The predicted octanol–water partition coefficient (Wildman–Crippen LogP) is 5.71. The molecule has 0 atom stereocenters. The van der Waals surface area contributed by atoms with Crippen LogP contribution in [0.15, 0.2) is 45.6 Å². The van der Waals surface area contributed by atoms with Gasteiger partial charge >= 0.3 is 5.63 Å². The number of unbranched alkanes of at least 4 members (excludes halogenated alkanes) is 1. The lowest BCUT2D eigenvalue weighted by Gasteiger charge is -2.31. The summed E-state index contributed by atoms with van der Waals surface area (Å²) in [5.41, 5.74) is 4.45. The predicted molar refractivity (Wildman–Crippen MR) is 114 cm³/mol. The van der Waals surface area contributed by atoms with Crippen LogP contribution in [0.1, 0.15) is 43.4 Å². The van der Waals surface area contributed by atoms with Crippen molar-refractivity contribution in [3.05, 3.63) is 68.5 Å². The summed E-state index contributed by atoms with van der Waals surface area (Å²) in [4.78, 5) is 14.3. The Kier molecular flexibility index (Phi) is 5.31. The minimum Gasteiger partial charge on any atom is -0.471 e. The van der Waals surface area contributed by atoms with E-state index < -0.39 is 0 Å². The molecule has 3 aromatic rings. The minimum atomic E-state index is -0.326. The molecule has 0 spiro atoms. The minimum absolute atomic E-state index is 0.326. The van der Waals surface area contributed by atoms with E-state index >= 15 is 0 Å². The number of hydrogen-bond donors (Lipinski definition) is 0. The Balaban J connectivity index is 1.79. The van der Waals surface area contributed by atoms with E-state index in [-0.39, 0.29) is 5.63 Å². The molecule has 0 N–H and O–H groups in total. The van der Waals surface area contributed by atoms with Gasteiger partial charge in [0.25, 0.3) is 0 Å². The normalized spacial score (nSPS) is 13.5. The Hall–Kier alpha value is -2.46. The molecule has 0 saturated heterocycles. The molecule has 0 fully saturated rings. The van der Waals surface area contributed by atoms with Crippen molar-refractivity contribution in [3.8, 4) is 5.75 Å². The quantitative estimate of drug-likeness (QED) is 0.517. The van der Waals surface area contributed by atoms with E-state index in [0.717, 1.165) is 47.9 Å². The van der Waals surface area contributed by atoms with Crippen LogP contribution in [-0.2, 0) is 19.4 Å². The number of rotatable bonds is 5. The van der Waals surface area contributed by atoms with Crippen molar-refractivity contribution in [1.82, 2.24) is 0 Å². The number of ether oxygens (including phenoxy) is 1. The number of benzene rings is 2. The Morgan fingerprint density at radius 3 is 2.64 bits per heavy atom. The van der Waals surface area contributed by atoms with Crippen LogP contribution in [0.2, 0.25) is 5.02 Å². The van der Waals surface area contributed by atoms with Gasteiger partial charge in [0.1, 0.15) is 11.3 Å². The third-order valence-electron chi connectivity index (χ3n) is 5.34. The summed E-state index contributed by atoms with van der Waals surface area (Å²) in [6.07, 6.45) is 3.91. The number of hydrogen-bond acceptors (Lipinski definition) is 4. The first-order valence-corrected chi connectivity index (χ1v) is 10.2. The second kappa shape index (κ2) is 7.88. The zero-order valence-corrected chi connectivity index (χ0v) is 17.0. The van der Waals surface area contributed by atoms with Gasteiger partial charge in [0.15, 0.2) is 6.73 Å². The van der Waals surface area contributed by atoms with Crippen molar-refractivity contribution >= 4 is 28.3 Å². The average molecular weight is 398 g/mol. The van der Waals surface area contributed by atoms with Crippen molar-refractivity contribution in [3.63, 3.8) is 0 Å². The van der Waals surface area contributed by atoms with Crippen LogP contribution in [0.5, 0.6) is 5.75 Å². The van der Waals surface area contributed by atoms with Gasteiger partial charge in [0.2, 0.25) is 0 Å². The lowest BCUT2D eigenvalue weighted by molar-refractivity contribution is 0.289. The maximum atomic E-state index is 12.2. The lowest BCUT2D eigenvalue weighted by atomic mass is 10.0. The largest absolute Gasteiger partial charge is 0.471 e. The number of aryl methyl sites for hydroxylation is 2. The van der Waals surface area contributed by atoms with Crippen LogP contribution >= 0.6 is 11.6 Å². The standard InChI is InChI=1S/C23H24ClNO3/c1-3-5-6-16-11-21(26)28-22-18(16)12-20(24)23-19(22)13-25(14-27-23)17-9-7-15(4-2)8-10-17/h7-12H,3-6,13-14H2,1-2H3. The molecule has 1 aromatic heterocycles. The van der Waals surface area contributed by atoms with Gasteiger partial charge in [-0.3, -0.25) is 0 Å². The summed E-state index contributed by atoms with van der Waals surface area (Å²) in [5.74, 6) is 0.617. The van der Waals surface area contributed by atoms with Gasteiger partial charge in [-0.05, 0) is 48.6 Å². The van der Waals surface area contributed by atoms with Crippen molar-refractivity contribution in [2.24, 2.45) is 0 Å². The van der Waals surface area contributed by atoms with Gasteiger partial charge in [0.05, 0.1) is 17.1 Å². The van der Waals surface area contributed by atoms with Gasteiger partial charge < -0.3 is 14.1 Å². The maximum Gasteiger partial charge on any atom is 0.336 e. The molecular weight excluding hydrogens is 374 g/mol. The zero-order valence-electron chi connectivity index (χ0n) is 16.3. The highest BCUT2D eigenvalue weighted by Crippen LogP contribution is 2.40. The summed E-state index contributed by atoms with van der Waals surface area (Å²) in [5, 5.41) is 1.47. The molecule has 0 unspecified atom stereocenters. The lowest BCUT2D eigenvalue weighted by Crippen LogP contribution is -2.32. The maximum absolute atomic E-state index is 12.2. The molecule has 4 nitrogen and oxygen atoms in total. The molecule has 0 saturated carbocycles. The average Bonchev–Trinajstić information content (AvgIpc) is 2.72. The second-order valence-corrected chi connectivity index (χ2v) is 7.64. The fourth-order valence-corrected chi connectivity index (χ4v) is 4.01. The summed E-state index contributed by atoms with van der Waals surface area (Å²) in [7, 11) is 0.